The Balaban J connectivity index is 1.77. The lowest BCUT2D eigenvalue weighted by atomic mass is 10.1. The van der Waals surface area contributed by atoms with Gasteiger partial charge in [0.25, 0.3) is 0 Å². The van der Waals surface area contributed by atoms with Gasteiger partial charge in [-0.15, -0.1) is 0 Å². The number of anilines is 1. The van der Waals surface area contributed by atoms with Crippen molar-refractivity contribution in [3.8, 4) is 0 Å². The van der Waals surface area contributed by atoms with Crippen molar-refractivity contribution >= 4 is 52.3 Å². The zero-order chi connectivity index (χ0) is 18.9. The second-order valence-corrected chi connectivity index (χ2v) is 7.47. The van der Waals surface area contributed by atoms with Crippen LogP contribution in [0.5, 0.6) is 0 Å². The number of hydrogen-bond acceptors (Lipinski definition) is 4. The van der Waals surface area contributed by atoms with Gasteiger partial charge in [-0.05, 0) is 48.5 Å². The number of thioether (sulfide) groups is 1. The van der Waals surface area contributed by atoms with E-state index in [-0.39, 0.29) is 5.97 Å². The largest absolute Gasteiger partial charge is 0.465 e. The molecular formula is C19H21ClN2O2S2. The maximum atomic E-state index is 11.6. The van der Waals surface area contributed by atoms with Gasteiger partial charge in [0.2, 0.25) is 0 Å². The number of hydrogen-bond donors (Lipinski definition) is 2. The summed E-state index contributed by atoms with van der Waals surface area (Å²) in [5.74, 6) is 1.39. The fraction of sp³-hybridized carbons (Fsp3) is 0.263. The van der Waals surface area contributed by atoms with Crippen molar-refractivity contribution in [1.29, 1.82) is 0 Å². The van der Waals surface area contributed by atoms with Gasteiger partial charge < -0.3 is 15.4 Å². The molecule has 0 spiro atoms. The van der Waals surface area contributed by atoms with Crippen LogP contribution in [0, 0.1) is 6.92 Å². The number of carbonyl (C=O) groups excluding carboxylic acids is 1. The van der Waals surface area contributed by atoms with Gasteiger partial charge >= 0.3 is 5.97 Å². The number of aryl methyl sites for hydroxylation is 1. The van der Waals surface area contributed by atoms with Crippen LogP contribution in [0.15, 0.2) is 42.5 Å². The number of methoxy groups -OCH3 is 1. The van der Waals surface area contributed by atoms with Crippen molar-refractivity contribution in [3.05, 3.63) is 64.2 Å². The highest BCUT2D eigenvalue weighted by atomic mass is 35.5. The Kier molecular flexibility index (Phi) is 8.22. The number of ether oxygens (including phenoxy) is 1. The lowest BCUT2D eigenvalue weighted by Gasteiger charge is -2.13. The van der Waals surface area contributed by atoms with Crippen molar-refractivity contribution in [1.82, 2.24) is 5.32 Å². The quantitative estimate of drug-likeness (QED) is 0.395. The molecule has 0 aliphatic heterocycles. The van der Waals surface area contributed by atoms with Crippen LogP contribution < -0.4 is 10.6 Å². The average molecular weight is 409 g/mol. The van der Waals surface area contributed by atoms with Crippen LogP contribution in [0.25, 0.3) is 0 Å². The van der Waals surface area contributed by atoms with E-state index in [1.165, 1.54) is 7.11 Å². The minimum Gasteiger partial charge on any atom is -0.465 e. The maximum Gasteiger partial charge on any atom is 0.337 e. The van der Waals surface area contributed by atoms with Crippen molar-refractivity contribution in [2.75, 3.05) is 24.7 Å². The van der Waals surface area contributed by atoms with Gasteiger partial charge in [0, 0.05) is 28.8 Å². The van der Waals surface area contributed by atoms with Gasteiger partial charge in [-0.25, -0.2) is 4.79 Å². The fourth-order valence-corrected chi connectivity index (χ4v) is 3.56. The van der Waals surface area contributed by atoms with Crippen molar-refractivity contribution in [2.45, 2.75) is 12.7 Å². The third kappa shape index (κ3) is 6.20. The Bertz CT molecular complexity index is 784. The van der Waals surface area contributed by atoms with E-state index in [0.717, 1.165) is 39.9 Å². The van der Waals surface area contributed by atoms with Gasteiger partial charge in [-0.1, -0.05) is 35.9 Å². The van der Waals surface area contributed by atoms with Crippen LogP contribution in [0.1, 0.15) is 21.5 Å². The molecule has 0 heterocycles. The minimum absolute atomic E-state index is 0.372. The molecule has 0 saturated carbocycles. The zero-order valence-corrected chi connectivity index (χ0v) is 17.1. The zero-order valence-electron chi connectivity index (χ0n) is 14.7. The number of thiocarbonyl (C=S) groups is 1. The van der Waals surface area contributed by atoms with E-state index in [1.807, 2.05) is 37.3 Å². The summed E-state index contributed by atoms with van der Waals surface area (Å²) in [5, 5.41) is 7.62. The average Bonchev–Trinajstić information content (AvgIpc) is 2.64. The summed E-state index contributed by atoms with van der Waals surface area (Å²) in [7, 11) is 1.36. The van der Waals surface area contributed by atoms with E-state index in [9.17, 15) is 4.79 Å². The fourth-order valence-electron chi connectivity index (χ4n) is 2.20. The molecule has 0 atom stereocenters. The Labute approximate surface area is 168 Å². The first kappa shape index (κ1) is 20.6. The van der Waals surface area contributed by atoms with Crippen molar-refractivity contribution in [2.24, 2.45) is 0 Å². The topological polar surface area (TPSA) is 50.4 Å². The minimum atomic E-state index is -0.372. The van der Waals surface area contributed by atoms with Crippen LogP contribution in [-0.2, 0) is 10.5 Å². The number of esters is 1. The number of rotatable bonds is 7. The Morgan fingerprint density at radius 2 is 2.04 bits per heavy atom. The number of carbonyl (C=O) groups is 1. The third-order valence-electron chi connectivity index (χ3n) is 3.65. The van der Waals surface area contributed by atoms with Gasteiger partial charge in [-0.2, -0.15) is 11.8 Å². The molecule has 26 heavy (non-hydrogen) atoms. The van der Waals surface area contributed by atoms with Crippen LogP contribution >= 0.6 is 35.6 Å². The number of halogens is 1. The molecule has 0 saturated heterocycles. The molecule has 0 amide bonds. The molecule has 0 aliphatic rings. The van der Waals surface area contributed by atoms with E-state index < -0.39 is 0 Å². The lowest BCUT2D eigenvalue weighted by molar-refractivity contribution is 0.0601. The van der Waals surface area contributed by atoms with E-state index >= 15 is 0 Å². The molecule has 2 aromatic carbocycles. The molecule has 0 unspecified atom stereocenters. The highest BCUT2D eigenvalue weighted by Gasteiger charge is 2.09. The second-order valence-electron chi connectivity index (χ2n) is 5.55. The summed E-state index contributed by atoms with van der Waals surface area (Å²) in [4.78, 5) is 11.6. The van der Waals surface area contributed by atoms with E-state index in [4.69, 9.17) is 28.6 Å². The van der Waals surface area contributed by atoms with Crippen molar-refractivity contribution < 1.29 is 9.53 Å². The van der Waals surface area contributed by atoms with Crippen LogP contribution in [-0.4, -0.2) is 30.5 Å². The lowest BCUT2D eigenvalue weighted by Crippen LogP contribution is -2.30. The molecule has 0 radical (unpaired) electrons. The molecule has 2 aromatic rings. The molecule has 2 N–H and O–H groups in total. The van der Waals surface area contributed by atoms with Gasteiger partial charge in [0.05, 0.1) is 12.7 Å². The first-order valence-electron chi connectivity index (χ1n) is 8.06. The summed E-state index contributed by atoms with van der Waals surface area (Å²) in [6.07, 6.45) is 0. The summed E-state index contributed by atoms with van der Waals surface area (Å²) < 4.78 is 4.75. The third-order valence-corrected chi connectivity index (χ3v) is 5.28. The summed E-state index contributed by atoms with van der Waals surface area (Å²) >= 11 is 13.3. The highest BCUT2D eigenvalue weighted by molar-refractivity contribution is 7.98. The standard InChI is InChI=1S/C19H21ClN2O2S2/c1-13-7-8-14(18(23)24-2)11-17(13)22-19(25)21-9-10-26-12-15-5-3-4-6-16(15)20/h3-8,11H,9-10,12H2,1-2H3,(H2,21,22,25). The first-order valence-corrected chi connectivity index (χ1v) is 10.0. The van der Waals surface area contributed by atoms with Crippen molar-refractivity contribution in [3.63, 3.8) is 0 Å². The number of nitrogens with one attached hydrogen (secondary N) is 2. The molecule has 2 rings (SSSR count). The van der Waals surface area contributed by atoms with E-state index in [0.29, 0.717) is 10.7 Å². The second kappa shape index (κ2) is 10.4. The molecule has 0 bridgehead atoms. The van der Waals surface area contributed by atoms with E-state index in [2.05, 4.69) is 10.6 Å². The monoisotopic (exact) mass is 408 g/mol. The normalized spacial score (nSPS) is 10.3. The summed E-state index contributed by atoms with van der Waals surface area (Å²) in [5.41, 5.74) is 3.40. The maximum absolute atomic E-state index is 11.6. The Morgan fingerprint density at radius 1 is 1.27 bits per heavy atom. The van der Waals surface area contributed by atoms with Crippen LogP contribution in [0.4, 0.5) is 5.69 Å². The SMILES string of the molecule is COC(=O)c1ccc(C)c(NC(=S)NCCSCc2ccccc2Cl)c1. The highest BCUT2D eigenvalue weighted by Crippen LogP contribution is 2.20. The predicted octanol–water partition coefficient (Wildman–Crippen LogP) is 4.65. The van der Waals surface area contributed by atoms with Gasteiger partial charge in [0.1, 0.15) is 0 Å². The molecular weight excluding hydrogens is 388 g/mol. The van der Waals surface area contributed by atoms with Crippen LogP contribution in [0.3, 0.4) is 0 Å². The van der Waals surface area contributed by atoms with E-state index in [1.54, 1.807) is 23.9 Å². The molecule has 138 valence electrons. The van der Waals surface area contributed by atoms with Gasteiger partial charge in [0.15, 0.2) is 5.11 Å². The van der Waals surface area contributed by atoms with Crippen LogP contribution in [0.2, 0.25) is 5.02 Å². The molecule has 0 aliphatic carbocycles. The van der Waals surface area contributed by atoms with Gasteiger partial charge in [-0.3, -0.25) is 0 Å². The molecule has 7 heteroatoms. The molecule has 0 fully saturated rings. The predicted molar refractivity (Wildman–Crippen MR) is 114 cm³/mol. The molecule has 4 nitrogen and oxygen atoms in total. The first-order chi connectivity index (χ1) is 12.5. The Hall–Kier alpha value is -1.76. The summed E-state index contributed by atoms with van der Waals surface area (Å²) in [6, 6.07) is 13.2. The smallest absolute Gasteiger partial charge is 0.337 e. The molecule has 0 aromatic heterocycles. The summed E-state index contributed by atoms with van der Waals surface area (Å²) in [6.45, 7) is 2.68. The Morgan fingerprint density at radius 3 is 2.77 bits per heavy atom. The number of benzene rings is 2.